The Morgan fingerprint density at radius 3 is 2.20 bits per heavy atom. The number of rotatable bonds is 6. The van der Waals surface area contributed by atoms with Gasteiger partial charge in [-0.05, 0) is 79.2 Å². The number of allylic oxidation sites excluding steroid dienone is 2. The Balaban J connectivity index is 1.50. The van der Waals surface area contributed by atoms with Crippen LogP contribution in [0.4, 0.5) is 0 Å². The second-order valence-corrected chi connectivity index (χ2v) is 10.0. The summed E-state index contributed by atoms with van der Waals surface area (Å²) >= 11 is 7.25. The highest BCUT2D eigenvalue weighted by Crippen LogP contribution is 2.42. The Hall–Kier alpha value is -0.0800. The van der Waals surface area contributed by atoms with Gasteiger partial charge in [0.2, 0.25) is 0 Å². The lowest BCUT2D eigenvalue weighted by Crippen LogP contribution is -2.23. The second-order valence-electron chi connectivity index (χ2n) is 8.20. The first-order chi connectivity index (χ1) is 12.2. The number of hydrogen-bond acceptors (Lipinski definition) is 0. The van der Waals surface area contributed by atoms with E-state index in [0.29, 0.717) is 0 Å². The molecule has 1 atom stereocenters. The van der Waals surface area contributed by atoms with Gasteiger partial charge in [0.25, 0.3) is 0 Å². The Kier molecular flexibility index (Phi) is 7.66. The summed E-state index contributed by atoms with van der Waals surface area (Å²) in [5.41, 5.74) is 2.94. The number of unbranched alkanes of at least 4 members (excludes halogenated alkanes) is 2. The van der Waals surface area contributed by atoms with Crippen molar-refractivity contribution in [3.8, 4) is 0 Å². The molecule has 0 aliphatic heterocycles. The summed E-state index contributed by atoms with van der Waals surface area (Å²) in [5, 5.41) is 0. The topological polar surface area (TPSA) is 0 Å². The minimum atomic E-state index is 0.941. The summed E-state index contributed by atoms with van der Waals surface area (Å²) in [6.45, 7) is 2.31. The second kappa shape index (κ2) is 9.74. The van der Waals surface area contributed by atoms with Crippen LogP contribution >= 0.6 is 31.9 Å². The molecule has 0 radical (unpaired) electrons. The molecule has 138 valence electrons. The van der Waals surface area contributed by atoms with E-state index in [1.165, 1.54) is 85.1 Å². The molecule has 0 amide bonds. The molecule has 25 heavy (non-hydrogen) atoms. The quantitative estimate of drug-likeness (QED) is 0.366. The Labute approximate surface area is 171 Å². The zero-order chi connectivity index (χ0) is 17.6. The van der Waals surface area contributed by atoms with Gasteiger partial charge in [-0.2, -0.15) is 0 Å². The fourth-order valence-corrected chi connectivity index (χ4v) is 6.21. The normalized spacial score (nSPS) is 27.2. The van der Waals surface area contributed by atoms with E-state index in [0.717, 1.165) is 17.8 Å². The Morgan fingerprint density at radius 2 is 1.60 bits per heavy atom. The van der Waals surface area contributed by atoms with Gasteiger partial charge in [-0.15, -0.1) is 0 Å². The number of benzene rings is 1. The van der Waals surface area contributed by atoms with Crippen molar-refractivity contribution in [2.75, 3.05) is 0 Å². The molecule has 1 aromatic carbocycles. The van der Waals surface area contributed by atoms with Gasteiger partial charge in [-0.25, -0.2) is 0 Å². The van der Waals surface area contributed by atoms with Crippen LogP contribution in [-0.4, -0.2) is 0 Å². The fourth-order valence-electron chi connectivity index (χ4n) is 4.92. The van der Waals surface area contributed by atoms with Crippen LogP contribution in [0.5, 0.6) is 0 Å². The smallest absolute Gasteiger partial charge is 0.0192 e. The predicted molar refractivity (Wildman–Crippen MR) is 117 cm³/mol. The lowest BCUT2D eigenvalue weighted by Gasteiger charge is -2.35. The lowest BCUT2D eigenvalue weighted by molar-refractivity contribution is 0.187. The summed E-state index contributed by atoms with van der Waals surface area (Å²) in [4.78, 5) is 0. The molecule has 1 fully saturated rings. The van der Waals surface area contributed by atoms with Crippen LogP contribution in [0.2, 0.25) is 0 Å². The van der Waals surface area contributed by atoms with Crippen LogP contribution < -0.4 is 0 Å². The molecule has 2 heteroatoms. The van der Waals surface area contributed by atoms with E-state index in [1.807, 2.05) is 0 Å². The molecule has 0 spiro atoms. The van der Waals surface area contributed by atoms with Gasteiger partial charge in [-0.1, -0.05) is 83.4 Å². The van der Waals surface area contributed by atoms with Crippen LogP contribution in [-0.2, 0) is 0 Å². The van der Waals surface area contributed by atoms with Crippen LogP contribution in [0.15, 0.2) is 33.2 Å². The third-order valence-corrected chi connectivity index (χ3v) is 7.37. The SMILES string of the molecule is CCCCCC1CCC(C2CC=C(c3cc(Br)cc(Br)c3)CC2)CC1. The van der Waals surface area contributed by atoms with Crippen LogP contribution in [0, 0.1) is 17.8 Å². The minimum Gasteiger partial charge on any atom is -0.0804 e. The van der Waals surface area contributed by atoms with Crippen molar-refractivity contribution < 1.29 is 0 Å². The molecule has 1 aromatic rings. The molecule has 0 bridgehead atoms. The van der Waals surface area contributed by atoms with Gasteiger partial charge in [0.15, 0.2) is 0 Å². The molecule has 0 aromatic heterocycles. The summed E-state index contributed by atoms with van der Waals surface area (Å²) in [6.07, 6.45) is 18.2. The third kappa shape index (κ3) is 5.70. The van der Waals surface area contributed by atoms with E-state index < -0.39 is 0 Å². The Bertz CT molecular complexity index is 562. The molecule has 0 N–H and O–H groups in total. The van der Waals surface area contributed by atoms with Crippen molar-refractivity contribution in [2.24, 2.45) is 17.8 Å². The first-order valence-electron chi connectivity index (χ1n) is 10.3. The van der Waals surface area contributed by atoms with Crippen LogP contribution in [0.1, 0.15) is 83.1 Å². The van der Waals surface area contributed by atoms with Gasteiger partial charge in [0, 0.05) is 8.95 Å². The van der Waals surface area contributed by atoms with Crippen molar-refractivity contribution in [1.29, 1.82) is 0 Å². The molecule has 2 aliphatic carbocycles. The van der Waals surface area contributed by atoms with Crippen molar-refractivity contribution in [3.05, 3.63) is 38.8 Å². The Morgan fingerprint density at radius 1 is 0.880 bits per heavy atom. The maximum Gasteiger partial charge on any atom is 0.0192 e. The number of hydrogen-bond donors (Lipinski definition) is 0. The zero-order valence-corrected chi connectivity index (χ0v) is 18.7. The van der Waals surface area contributed by atoms with Crippen LogP contribution in [0.25, 0.3) is 5.57 Å². The highest BCUT2D eigenvalue weighted by Gasteiger charge is 2.28. The van der Waals surface area contributed by atoms with Crippen LogP contribution in [0.3, 0.4) is 0 Å². The minimum absolute atomic E-state index is 0.941. The molecule has 0 heterocycles. The third-order valence-electron chi connectivity index (χ3n) is 6.46. The van der Waals surface area contributed by atoms with E-state index in [9.17, 15) is 0 Å². The average Bonchev–Trinajstić information content (AvgIpc) is 2.62. The predicted octanol–water partition coefficient (Wildman–Crippen LogP) is 8.78. The summed E-state index contributed by atoms with van der Waals surface area (Å²) < 4.78 is 2.34. The molecule has 3 rings (SSSR count). The van der Waals surface area contributed by atoms with E-state index in [4.69, 9.17) is 0 Å². The molecule has 0 nitrogen and oxygen atoms in total. The fraction of sp³-hybridized carbons (Fsp3) is 0.652. The van der Waals surface area contributed by atoms with Crippen molar-refractivity contribution in [1.82, 2.24) is 0 Å². The largest absolute Gasteiger partial charge is 0.0804 e. The van der Waals surface area contributed by atoms with Gasteiger partial charge in [0.1, 0.15) is 0 Å². The molecule has 1 unspecified atom stereocenters. The van der Waals surface area contributed by atoms with Crippen molar-refractivity contribution in [2.45, 2.75) is 77.6 Å². The van der Waals surface area contributed by atoms with E-state index >= 15 is 0 Å². The first kappa shape index (κ1) is 19.7. The highest BCUT2D eigenvalue weighted by atomic mass is 79.9. The van der Waals surface area contributed by atoms with E-state index in [2.05, 4.69) is 63.1 Å². The number of halogens is 2. The highest BCUT2D eigenvalue weighted by molar-refractivity contribution is 9.11. The standard InChI is InChI=1S/C23H32Br2/c1-2-3-4-5-17-6-8-18(9-7-17)19-10-12-20(13-11-19)21-14-22(24)16-23(25)15-21/h12,14-19H,2-11,13H2,1H3. The molecule has 1 saturated carbocycles. The van der Waals surface area contributed by atoms with E-state index in [-0.39, 0.29) is 0 Å². The van der Waals surface area contributed by atoms with Gasteiger partial charge in [0.05, 0.1) is 0 Å². The maximum atomic E-state index is 3.62. The molecule has 2 aliphatic rings. The van der Waals surface area contributed by atoms with E-state index in [1.54, 1.807) is 5.57 Å². The molecule has 0 saturated heterocycles. The molecular weight excluding hydrogens is 436 g/mol. The monoisotopic (exact) mass is 466 g/mol. The first-order valence-corrected chi connectivity index (χ1v) is 11.9. The van der Waals surface area contributed by atoms with Gasteiger partial charge >= 0.3 is 0 Å². The summed E-state index contributed by atoms with van der Waals surface area (Å²) in [5.74, 6) is 2.97. The summed E-state index contributed by atoms with van der Waals surface area (Å²) in [7, 11) is 0. The van der Waals surface area contributed by atoms with Gasteiger partial charge < -0.3 is 0 Å². The van der Waals surface area contributed by atoms with Gasteiger partial charge in [-0.3, -0.25) is 0 Å². The summed E-state index contributed by atoms with van der Waals surface area (Å²) in [6, 6.07) is 6.64. The zero-order valence-electron chi connectivity index (χ0n) is 15.6. The maximum absolute atomic E-state index is 3.62. The molecular formula is C23H32Br2. The van der Waals surface area contributed by atoms with Crippen molar-refractivity contribution in [3.63, 3.8) is 0 Å². The van der Waals surface area contributed by atoms with Crippen molar-refractivity contribution >= 4 is 37.4 Å². The lowest BCUT2D eigenvalue weighted by atomic mass is 9.70. The average molecular weight is 468 g/mol.